The third-order valence-corrected chi connectivity index (χ3v) is 1.77. The average Bonchev–Trinajstić information content (AvgIpc) is 2.13. The van der Waals surface area contributed by atoms with Gasteiger partial charge in [-0.05, 0) is 19.3 Å². The van der Waals surface area contributed by atoms with Crippen molar-refractivity contribution >= 4 is 11.9 Å². The molecule has 0 aliphatic heterocycles. The van der Waals surface area contributed by atoms with Gasteiger partial charge in [0.2, 0.25) is 5.91 Å². The molecule has 0 bridgehead atoms. The maximum absolute atomic E-state index is 11.3. The van der Waals surface area contributed by atoms with Crippen molar-refractivity contribution in [2.75, 3.05) is 13.2 Å². The molecule has 0 aromatic heterocycles. The van der Waals surface area contributed by atoms with Crippen LogP contribution in [0.2, 0.25) is 0 Å². The summed E-state index contributed by atoms with van der Waals surface area (Å²) < 4.78 is 4.66. The smallest absolute Gasteiger partial charge is 0.325 e. The Bertz CT molecular complexity index is 217. The monoisotopic (exact) mass is 216 g/mol. The van der Waals surface area contributed by atoms with Gasteiger partial charge in [0.05, 0.1) is 12.6 Å². The van der Waals surface area contributed by atoms with Crippen LogP contribution in [-0.4, -0.2) is 31.1 Å². The third kappa shape index (κ3) is 6.90. The molecule has 0 aromatic carbocycles. The first-order valence-corrected chi connectivity index (χ1v) is 5.16. The lowest BCUT2D eigenvalue weighted by atomic mass is 10.0. The first kappa shape index (κ1) is 13.9. The molecule has 0 aliphatic rings. The Hall–Kier alpha value is -1.10. The van der Waals surface area contributed by atoms with E-state index in [-0.39, 0.29) is 12.5 Å². The van der Waals surface area contributed by atoms with Gasteiger partial charge in [-0.3, -0.25) is 9.59 Å². The second kappa shape index (κ2) is 7.23. The maximum atomic E-state index is 11.3. The van der Waals surface area contributed by atoms with Crippen molar-refractivity contribution in [3.8, 4) is 0 Å². The lowest BCUT2D eigenvalue weighted by Crippen LogP contribution is -2.43. The zero-order valence-electron chi connectivity index (χ0n) is 9.58. The van der Waals surface area contributed by atoms with Crippen LogP contribution < -0.4 is 11.1 Å². The Kier molecular flexibility index (Phi) is 6.70. The number of hydrogen-bond donors (Lipinski definition) is 2. The first-order chi connectivity index (χ1) is 6.97. The number of ether oxygens (including phenoxy) is 1. The molecule has 5 heteroatoms. The third-order valence-electron chi connectivity index (χ3n) is 1.77. The molecule has 3 N–H and O–H groups in total. The molecule has 0 rings (SSSR count). The van der Waals surface area contributed by atoms with E-state index >= 15 is 0 Å². The first-order valence-electron chi connectivity index (χ1n) is 5.16. The molecule has 1 amide bonds. The van der Waals surface area contributed by atoms with Gasteiger partial charge in [-0.1, -0.05) is 13.8 Å². The second-order valence-corrected chi connectivity index (χ2v) is 3.76. The molecule has 15 heavy (non-hydrogen) atoms. The summed E-state index contributed by atoms with van der Waals surface area (Å²) in [6, 6.07) is -0.556. The summed E-state index contributed by atoms with van der Waals surface area (Å²) in [6.45, 7) is 5.88. The van der Waals surface area contributed by atoms with Crippen molar-refractivity contribution < 1.29 is 14.3 Å². The van der Waals surface area contributed by atoms with E-state index in [1.54, 1.807) is 6.92 Å². The fourth-order valence-electron chi connectivity index (χ4n) is 1.12. The van der Waals surface area contributed by atoms with Gasteiger partial charge >= 0.3 is 5.97 Å². The summed E-state index contributed by atoms with van der Waals surface area (Å²) in [5.74, 6) is -0.396. The molecule has 0 saturated heterocycles. The SMILES string of the molecule is CCOC(=O)CNC(=O)C(N)CC(C)C. The number of esters is 1. The van der Waals surface area contributed by atoms with Crippen LogP contribution in [0.25, 0.3) is 0 Å². The zero-order chi connectivity index (χ0) is 11.8. The maximum Gasteiger partial charge on any atom is 0.325 e. The molecule has 0 aliphatic carbocycles. The predicted octanol–water partition coefficient (Wildman–Crippen LogP) is 0.0391. The number of nitrogens with one attached hydrogen (secondary N) is 1. The highest BCUT2D eigenvalue weighted by atomic mass is 16.5. The molecule has 1 unspecified atom stereocenters. The van der Waals surface area contributed by atoms with E-state index in [2.05, 4.69) is 10.1 Å². The minimum Gasteiger partial charge on any atom is -0.465 e. The van der Waals surface area contributed by atoms with E-state index in [0.29, 0.717) is 18.9 Å². The summed E-state index contributed by atoms with van der Waals surface area (Å²) >= 11 is 0. The van der Waals surface area contributed by atoms with Crippen LogP contribution >= 0.6 is 0 Å². The lowest BCUT2D eigenvalue weighted by molar-refractivity contribution is -0.143. The van der Waals surface area contributed by atoms with Gasteiger partial charge in [-0.2, -0.15) is 0 Å². The molecular weight excluding hydrogens is 196 g/mol. The summed E-state index contributed by atoms with van der Waals surface area (Å²) in [5, 5.41) is 2.43. The van der Waals surface area contributed by atoms with Crippen LogP contribution in [0.5, 0.6) is 0 Å². The van der Waals surface area contributed by atoms with Crippen molar-refractivity contribution in [1.82, 2.24) is 5.32 Å². The number of rotatable bonds is 6. The normalized spacial score (nSPS) is 12.3. The molecular formula is C10H20N2O3. The molecule has 0 aromatic rings. The predicted molar refractivity (Wildman–Crippen MR) is 57.1 cm³/mol. The molecule has 0 radical (unpaired) electrons. The Balaban J connectivity index is 3.78. The minimum atomic E-state index is -0.556. The van der Waals surface area contributed by atoms with Crippen LogP contribution in [0.3, 0.4) is 0 Å². The Morgan fingerprint density at radius 1 is 1.40 bits per heavy atom. The van der Waals surface area contributed by atoms with E-state index in [1.165, 1.54) is 0 Å². The van der Waals surface area contributed by atoms with E-state index in [1.807, 2.05) is 13.8 Å². The summed E-state index contributed by atoms with van der Waals surface area (Å²) in [7, 11) is 0. The second-order valence-electron chi connectivity index (χ2n) is 3.76. The van der Waals surface area contributed by atoms with Gasteiger partial charge < -0.3 is 15.8 Å². The molecule has 1 atom stereocenters. The molecule has 0 fully saturated rings. The minimum absolute atomic E-state index is 0.113. The van der Waals surface area contributed by atoms with Crippen molar-refractivity contribution in [1.29, 1.82) is 0 Å². The number of carbonyl (C=O) groups excluding carboxylic acids is 2. The van der Waals surface area contributed by atoms with Gasteiger partial charge in [0, 0.05) is 0 Å². The van der Waals surface area contributed by atoms with E-state index in [9.17, 15) is 9.59 Å². The quantitative estimate of drug-likeness (QED) is 0.614. The van der Waals surface area contributed by atoms with Gasteiger partial charge in [-0.25, -0.2) is 0 Å². The van der Waals surface area contributed by atoms with Gasteiger partial charge in [0.1, 0.15) is 6.54 Å². The molecule has 0 spiro atoms. The topological polar surface area (TPSA) is 81.4 Å². The summed E-state index contributed by atoms with van der Waals surface area (Å²) in [6.07, 6.45) is 0.606. The lowest BCUT2D eigenvalue weighted by Gasteiger charge is -2.13. The molecule has 5 nitrogen and oxygen atoms in total. The van der Waals surface area contributed by atoms with Gasteiger partial charge in [0.25, 0.3) is 0 Å². The Morgan fingerprint density at radius 2 is 2.00 bits per heavy atom. The number of carbonyl (C=O) groups is 2. The fraction of sp³-hybridized carbons (Fsp3) is 0.800. The standard InChI is InChI=1S/C10H20N2O3/c1-4-15-9(13)6-12-10(14)8(11)5-7(2)3/h7-8H,4-6,11H2,1-3H3,(H,12,14). The fourth-order valence-corrected chi connectivity index (χ4v) is 1.12. The number of nitrogens with two attached hydrogens (primary N) is 1. The highest BCUT2D eigenvalue weighted by molar-refractivity contribution is 5.85. The van der Waals surface area contributed by atoms with Gasteiger partial charge in [0.15, 0.2) is 0 Å². The van der Waals surface area contributed by atoms with Gasteiger partial charge in [-0.15, -0.1) is 0 Å². The number of amides is 1. The largest absolute Gasteiger partial charge is 0.465 e. The van der Waals surface area contributed by atoms with Crippen LogP contribution in [0.4, 0.5) is 0 Å². The Morgan fingerprint density at radius 3 is 2.47 bits per heavy atom. The van der Waals surface area contributed by atoms with E-state index in [0.717, 1.165) is 0 Å². The molecule has 0 saturated carbocycles. The summed E-state index contributed by atoms with van der Waals surface area (Å²) in [4.78, 5) is 22.3. The van der Waals surface area contributed by atoms with Crippen LogP contribution in [0, 0.1) is 5.92 Å². The van der Waals surface area contributed by atoms with Crippen LogP contribution in [-0.2, 0) is 14.3 Å². The summed E-state index contributed by atoms with van der Waals surface area (Å²) in [5.41, 5.74) is 5.61. The van der Waals surface area contributed by atoms with Crippen LogP contribution in [0.15, 0.2) is 0 Å². The number of hydrogen-bond acceptors (Lipinski definition) is 4. The Labute approximate surface area is 90.4 Å². The van der Waals surface area contributed by atoms with Crippen molar-refractivity contribution in [3.05, 3.63) is 0 Å². The van der Waals surface area contributed by atoms with Crippen LogP contribution in [0.1, 0.15) is 27.2 Å². The van der Waals surface area contributed by atoms with Crippen molar-refractivity contribution in [3.63, 3.8) is 0 Å². The average molecular weight is 216 g/mol. The van der Waals surface area contributed by atoms with Crippen molar-refractivity contribution in [2.45, 2.75) is 33.2 Å². The molecule has 0 heterocycles. The zero-order valence-corrected chi connectivity index (χ0v) is 9.58. The van der Waals surface area contributed by atoms with E-state index < -0.39 is 12.0 Å². The highest BCUT2D eigenvalue weighted by Crippen LogP contribution is 2.02. The molecule has 88 valence electrons. The van der Waals surface area contributed by atoms with Crippen molar-refractivity contribution in [2.24, 2.45) is 11.7 Å². The van der Waals surface area contributed by atoms with E-state index in [4.69, 9.17) is 5.73 Å². The highest BCUT2D eigenvalue weighted by Gasteiger charge is 2.15.